The number of benzene rings is 1. The lowest BCUT2D eigenvalue weighted by Gasteiger charge is -2.05. The van der Waals surface area contributed by atoms with Gasteiger partial charge in [-0.1, -0.05) is 6.07 Å². The van der Waals surface area contributed by atoms with Gasteiger partial charge < -0.3 is 15.5 Å². The second-order valence-corrected chi connectivity index (χ2v) is 3.45. The third-order valence-corrected chi connectivity index (χ3v) is 2.26. The van der Waals surface area contributed by atoms with E-state index in [1.807, 2.05) is 0 Å². The molecule has 1 aromatic carbocycles. The van der Waals surface area contributed by atoms with E-state index in [2.05, 4.69) is 5.32 Å². The number of anilines is 1. The van der Waals surface area contributed by atoms with Gasteiger partial charge in [-0.05, 0) is 29.8 Å². The van der Waals surface area contributed by atoms with Gasteiger partial charge in [0.2, 0.25) is 0 Å². The topological polar surface area (TPSA) is 68.3 Å². The van der Waals surface area contributed by atoms with Crippen LogP contribution in [0.4, 0.5) is 10.1 Å². The van der Waals surface area contributed by atoms with Crippen molar-refractivity contribution >= 4 is 11.6 Å². The molecule has 3 N–H and O–H groups in total. The molecular formula is C12H11FN2O2. The van der Waals surface area contributed by atoms with Crippen LogP contribution in [-0.2, 0) is 6.54 Å². The van der Waals surface area contributed by atoms with Crippen LogP contribution in [-0.4, -0.2) is 5.91 Å². The van der Waals surface area contributed by atoms with Gasteiger partial charge in [0.25, 0.3) is 5.91 Å². The largest absolute Gasteiger partial charge is 0.459 e. The molecule has 0 bridgehead atoms. The van der Waals surface area contributed by atoms with Crippen LogP contribution >= 0.6 is 0 Å². The molecule has 0 aliphatic rings. The first-order valence-electron chi connectivity index (χ1n) is 5.04. The smallest absolute Gasteiger partial charge is 0.291 e. The van der Waals surface area contributed by atoms with Crippen molar-refractivity contribution in [2.45, 2.75) is 6.54 Å². The van der Waals surface area contributed by atoms with Crippen molar-refractivity contribution in [3.8, 4) is 0 Å². The molecule has 88 valence electrons. The SMILES string of the molecule is NCc1ccc(NC(=O)c2ccco2)c(F)c1. The summed E-state index contributed by atoms with van der Waals surface area (Å²) in [5, 5.41) is 2.42. The highest BCUT2D eigenvalue weighted by Crippen LogP contribution is 2.16. The first-order chi connectivity index (χ1) is 8.20. The number of carbonyl (C=O) groups is 1. The van der Waals surface area contributed by atoms with E-state index in [9.17, 15) is 9.18 Å². The minimum atomic E-state index is -0.521. The number of furan rings is 1. The lowest BCUT2D eigenvalue weighted by Crippen LogP contribution is -2.12. The fourth-order valence-electron chi connectivity index (χ4n) is 1.38. The molecule has 2 aromatic rings. The Hall–Kier alpha value is -2.14. The van der Waals surface area contributed by atoms with Gasteiger partial charge in [0.15, 0.2) is 5.76 Å². The van der Waals surface area contributed by atoms with Crippen molar-refractivity contribution in [1.82, 2.24) is 0 Å². The minimum Gasteiger partial charge on any atom is -0.459 e. The summed E-state index contributed by atoms with van der Waals surface area (Å²) in [5.41, 5.74) is 6.14. The summed E-state index contributed by atoms with van der Waals surface area (Å²) in [5.74, 6) is -0.880. The van der Waals surface area contributed by atoms with Crippen LogP contribution in [0.2, 0.25) is 0 Å². The van der Waals surface area contributed by atoms with Gasteiger partial charge >= 0.3 is 0 Å². The zero-order valence-corrected chi connectivity index (χ0v) is 8.94. The number of amides is 1. The van der Waals surface area contributed by atoms with Crippen molar-refractivity contribution < 1.29 is 13.6 Å². The fourth-order valence-corrected chi connectivity index (χ4v) is 1.38. The summed E-state index contributed by atoms with van der Waals surface area (Å²) in [6.07, 6.45) is 1.38. The highest BCUT2D eigenvalue weighted by Gasteiger charge is 2.11. The number of carbonyl (C=O) groups excluding carboxylic acids is 1. The summed E-state index contributed by atoms with van der Waals surface area (Å²) < 4.78 is 18.4. The van der Waals surface area contributed by atoms with Gasteiger partial charge in [-0.2, -0.15) is 0 Å². The Bertz CT molecular complexity index is 523. The van der Waals surface area contributed by atoms with Crippen LogP contribution in [0, 0.1) is 5.82 Å². The van der Waals surface area contributed by atoms with Crippen molar-refractivity contribution in [2.24, 2.45) is 5.73 Å². The average molecular weight is 234 g/mol. The molecule has 0 atom stereocenters. The fraction of sp³-hybridized carbons (Fsp3) is 0.0833. The van der Waals surface area contributed by atoms with Crippen LogP contribution in [0.1, 0.15) is 16.1 Å². The molecule has 0 fully saturated rings. The Morgan fingerprint density at radius 1 is 1.41 bits per heavy atom. The molecule has 0 radical (unpaired) electrons. The van der Waals surface area contributed by atoms with E-state index in [1.54, 1.807) is 12.1 Å². The van der Waals surface area contributed by atoms with Crippen LogP contribution in [0.3, 0.4) is 0 Å². The zero-order chi connectivity index (χ0) is 12.3. The van der Waals surface area contributed by atoms with Crippen LogP contribution in [0.15, 0.2) is 41.0 Å². The van der Waals surface area contributed by atoms with Crippen LogP contribution in [0.5, 0.6) is 0 Å². The molecule has 0 aliphatic carbocycles. The van der Waals surface area contributed by atoms with E-state index >= 15 is 0 Å². The highest BCUT2D eigenvalue weighted by molar-refractivity contribution is 6.02. The number of halogens is 1. The van der Waals surface area contributed by atoms with Gasteiger partial charge in [-0.25, -0.2) is 4.39 Å². The molecular weight excluding hydrogens is 223 g/mol. The highest BCUT2D eigenvalue weighted by atomic mass is 19.1. The van der Waals surface area contributed by atoms with Crippen molar-refractivity contribution in [3.63, 3.8) is 0 Å². The van der Waals surface area contributed by atoms with E-state index in [1.165, 1.54) is 24.5 Å². The van der Waals surface area contributed by atoms with Gasteiger partial charge in [0.1, 0.15) is 5.82 Å². The van der Waals surface area contributed by atoms with Gasteiger partial charge in [0.05, 0.1) is 12.0 Å². The lowest BCUT2D eigenvalue weighted by molar-refractivity contribution is 0.0996. The quantitative estimate of drug-likeness (QED) is 0.854. The monoisotopic (exact) mass is 234 g/mol. The summed E-state index contributed by atoms with van der Waals surface area (Å²) in [4.78, 5) is 11.6. The molecule has 1 amide bonds. The normalized spacial score (nSPS) is 10.2. The minimum absolute atomic E-state index is 0.101. The maximum atomic E-state index is 13.5. The number of nitrogens with two attached hydrogens (primary N) is 1. The third kappa shape index (κ3) is 2.51. The summed E-state index contributed by atoms with van der Waals surface area (Å²) in [6.45, 7) is 0.253. The second-order valence-electron chi connectivity index (χ2n) is 3.45. The number of hydrogen-bond donors (Lipinski definition) is 2. The first-order valence-corrected chi connectivity index (χ1v) is 5.04. The third-order valence-electron chi connectivity index (χ3n) is 2.26. The Morgan fingerprint density at radius 3 is 2.82 bits per heavy atom. The predicted molar refractivity (Wildman–Crippen MR) is 61.0 cm³/mol. The molecule has 5 heteroatoms. The molecule has 0 saturated heterocycles. The first kappa shape index (κ1) is 11.3. The Morgan fingerprint density at radius 2 is 2.24 bits per heavy atom. The van der Waals surface area contributed by atoms with E-state index in [-0.39, 0.29) is 18.0 Å². The van der Waals surface area contributed by atoms with Gasteiger partial charge in [-0.3, -0.25) is 4.79 Å². The Labute approximate surface area is 97.2 Å². The van der Waals surface area contributed by atoms with Gasteiger partial charge in [0, 0.05) is 6.54 Å². The zero-order valence-electron chi connectivity index (χ0n) is 8.94. The molecule has 1 aromatic heterocycles. The van der Waals surface area contributed by atoms with Crippen LogP contribution in [0.25, 0.3) is 0 Å². The van der Waals surface area contributed by atoms with Crippen molar-refractivity contribution in [2.75, 3.05) is 5.32 Å². The van der Waals surface area contributed by atoms with Crippen molar-refractivity contribution in [3.05, 3.63) is 53.7 Å². The predicted octanol–water partition coefficient (Wildman–Crippen LogP) is 2.13. The van der Waals surface area contributed by atoms with Gasteiger partial charge in [-0.15, -0.1) is 0 Å². The Balaban J connectivity index is 2.16. The van der Waals surface area contributed by atoms with Crippen molar-refractivity contribution in [1.29, 1.82) is 0 Å². The average Bonchev–Trinajstić information content (AvgIpc) is 2.85. The van der Waals surface area contributed by atoms with E-state index in [0.717, 1.165) is 0 Å². The maximum Gasteiger partial charge on any atom is 0.291 e. The molecule has 1 heterocycles. The molecule has 0 aliphatic heterocycles. The summed E-state index contributed by atoms with van der Waals surface area (Å²) in [7, 11) is 0. The lowest BCUT2D eigenvalue weighted by atomic mass is 10.2. The Kier molecular flexibility index (Phi) is 3.20. The number of nitrogens with one attached hydrogen (secondary N) is 1. The molecule has 0 unspecified atom stereocenters. The van der Waals surface area contributed by atoms with E-state index in [0.29, 0.717) is 5.56 Å². The molecule has 4 nitrogen and oxygen atoms in total. The molecule has 17 heavy (non-hydrogen) atoms. The number of hydrogen-bond acceptors (Lipinski definition) is 3. The number of rotatable bonds is 3. The summed E-state index contributed by atoms with van der Waals surface area (Å²) in [6, 6.07) is 7.50. The maximum absolute atomic E-state index is 13.5. The molecule has 2 rings (SSSR count). The van der Waals surface area contributed by atoms with E-state index < -0.39 is 11.7 Å². The summed E-state index contributed by atoms with van der Waals surface area (Å²) >= 11 is 0. The molecule has 0 saturated carbocycles. The van der Waals surface area contributed by atoms with E-state index in [4.69, 9.17) is 10.2 Å². The van der Waals surface area contributed by atoms with Crippen LogP contribution < -0.4 is 11.1 Å². The molecule has 0 spiro atoms. The second kappa shape index (κ2) is 4.80. The standard InChI is InChI=1S/C12H11FN2O2/c13-9-6-8(7-14)3-4-10(9)15-12(16)11-2-1-5-17-11/h1-6H,7,14H2,(H,15,16).